The number of hydrogen-bond donors (Lipinski definition) is 3. The molecule has 4 aromatic rings. The Morgan fingerprint density at radius 3 is 2.60 bits per heavy atom. The van der Waals surface area contributed by atoms with E-state index < -0.39 is 0 Å². The molecule has 5 rings (SSSR count). The normalized spacial score (nSPS) is 16.3. The van der Waals surface area contributed by atoms with Crippen LogP contribution in [-0.2, 0) is 7.05 Å². The second kappa shape index (κ2) is 10.00. The minimum atomic E-state index is 0.0949. The summed E-state index contributed by atoms with van der Waals surface area (Å²) in [5, 5.41) is 24.4. The highest BCUT2D eigenvalue weighted by Gasteiger charge is 2.28. The van der Waals surface area contributed by atoms with Crippen molar-refractivity contribution in [2.24, 2.45) is 7.05 Å². The quantitative estimate of drug-likeness (QED) is 0.368. The van der Waals surface area contributed by atoms with Gasteiger partial charge < -0.3 is 16.0 Å². The lowest BCUT2D eigenvalue weighted by Gasteiger charge is -2.35. The molecule has 0 amide bonds. The average Bonchev–Trinajstić information content (AvgIpc) is 3.35. The Balaban J connectivity index is 1.33. The lowest BCUT2D eigenvalue weighted by molar-refractivity contribution is 0.453. The van der Waals surface area contributed by atoms with Gasteiger partial charge >= 0.3 is 0 Å². The second-order valence-electron chi connectivity index (χ2n) is 9.09. The molecule has 3 N–H and O–H groups in total. The third-order valence-corrected chi connectivity index (χ3v) is 6.57. The summed E-state index contributed by atoms with van der Waals surface area (Å²) in [5.74, 6) is 1.16. The van der Waals surface area contributed by atoms with Crippen LogP contribution in [-0.4, -0.2) is 33.9 Å². The van der Waals surface area contributed by atoms with Gasteiger partial charge in [0.2, 0.25) is 0 Å². The van der Waals surface area contributed by atoms with E-state index in [1.54, 1.807) is 4.68 Å². The van der Waals surface area contributed by atoms with Crippen molar-refractivity contribution in [2.75, 3.05) is 23.7 Å². The molecule has 1 aliphatic heterocycles. The van der Waals surface area contributed by atoms with Crippen molar-refractivity contribution >= 4 is 11.5 Å². The summed E-state index contributed by atoms with van der Waals surface area (Å²) < 4.78 is 1.80. The van der Waals surface area contributed by atoms with E-state index in [1.165, 1.54) is 11.1 Å². The van der Waals surface area contributed by atoms with Gasteiger partial charge in [0.1, 0.15) is 5.82 Å². The lowest BCUT2D eigenvalue weighted by Crippen LogP contribution is -2.45. The first kappa shape index (κ1) is 22.6. The Bertz CT molecular complexity index is 1320. The molecule has 0 radical (unpaired) electrons. The third-order valence-electron chi connectivity index (χ3n) is 6.57. The Morgan fingerprint density at radius 2 is 1.89 bits per heavy atom. The Labute approximate surface area is 205 Å². The van der Waals surface area contributed by atoms with Crippen LogP contribution in [0.5, 0.6) is 0 Å². The lowest BCUT2D eigenvalue weighted by atomic mass is 9.95. The molecule has 7 nitrogen and oxygen atoms in total. The highest BCUT2D eigenvalue weighted by molar-refractivity contribution is 5.75. The summed E-state index contributed by atoms with van der Waals surface area (Å²) in [4.78, 5) is 4.73. The van der Waals surface area contributed by atoms with Crippen molar-refractivity contribution in [2.45, 2.75) is 24.9 Å². The van der Waals surface area contributed by atoms with Crippen LogP contribution in [0.25, 0.3) is 11.1 Å². The van der Waals surface area contributed by atoms with Gasteiger partial charge in [-0.15, -0.1) is 0 Å². The molecule has 0 aliphatic carbocycles. The van der Waals surface area contributed by atoms with Gasteiger partial charge in [0.25, 0.3) is 0 Å². The number of anilines is 2. The van der Waals surface area contributed by atoms with E-state index in [9.17, 15) is 0 Å². The summed E-state index contributed by atoms with van der Waals surface area (Å²) in [6, 6.07) is 22.9. The fourth-order valence-electron chi connectivity index (χ4n) is 4.55. The van der Waals surface area contributed by atoms with Crippen LogP contribution in [0, 0.1) is 11.3 Å². The van der Waals surface area contributed by atoms with Crippen LogP contribution in [0.1, 0.15) is 35.6 Å². The van der Waals surface area contributed by atoms with Gasteiger partial charge in [0, 0.05) is 43.7 Å². The summed E-state index contributed by atoms with van der Waals surface area (Å²) in [7, 11) is 1.92. The minimum absolute atomic E-state index is 0.0949. The van der Waals surface area contributed by atoms with Gasteiger partial charge in [-0.05, 0) is 35.2 Å². The molecule has 0 fully saturated rings. The molecular formula is C28H29N7. The van der Waals surface area contributed by atoms with Crippen LogP contribution < -0.4 is 16.0 Å². The van der Waals surface area contributed by atoms with Gasteiger partial charge in [-0.3, -0.25) is 4.68 Å². The predicted molar refractivity (Wildman–Crippen MR) is 139 cm³/mol. The second-order valence-corrected chi connectivity index (χ2v) is 9.09. The highest BCUT2D eigenvalue weighted by Crippen LogP contribution is 2.32. The molecule has 1 aliphatic rings. The Morgan fingerprint density at radius 1 is 1.09 bits per heavy atom. The maximum Gasteiger partial charge on any atom is 0.149 e. The molecule has 0 unspecified atom stereocenters. The smallest absolute Gasteiger partial charge is 0.149 e. The molecule has 0 bridgehead atoms. The highest BCUT2D eigenvalue weighted by atomic mass is 15.2. The molecule has 35 heavy (non-hydrogen) atoms. The average molecular weight is 464 g/mol. The van der Waals surface area contributed by atoms with Gasteiger partial charge in [-0.1, -0.05) is 49.4 Å². The maximum absolute atomic E-state index is 9.07. The van der Waals surface area contributed by atoms with E-state index >= 15 is 0 Å². The van der Waals surface area contributed by atoms with Crippen LogP contribution in [0.3, 0.4) is 0 Å². The van der Waals surface area contributed by atoms with Crippen LogP contribution in [0.4, 0.5) is 11.5 Å². The number of rotatable bonds is 7. The van der Waals surface area contributed by atoms with Crippen LogP contribution in [0.15, 0.2) is 79.3 Å². The first-order chi connectivity index (χ1) is 17.1. The first-order valence-corrected chi connectivity index (χ1v) is 11.9. The van der Waals surface area contributed by atoms with Crippen molar-refractivity contribution in [1.29, 1.82) is 5.26 Å². The van der Waals surface area contributed by atoms with E-state index in [4.69, 9.17) is 10.2 Å². The topological polar surface area (TPSA) is 90.6 Å². The number of hydrogen-bond acceptors (Lipinski definition) is 6. The summed E-state index contributed by atoms with van der Waals surface area (Å²) in [5.41, 5.74) is 6.22. The van der Waals surface area contributed by atoms with E-state index in [2.05, 4.69) is 64.4 Å². The Kier molecular flexibility index (Phi) is 6.47. The molecule has 176 valence electrons. The summed E-state index contributed by atoms with van der Waals surface area (Å²) in [6.45, 7) is 3.78. The monoisotopic (exact) mass is 463 g/mol. The summed E-state index contributed by atoms with van der Waals surface area (Å²) in [6.07, 6.45) is 5.74. The third kappa shape index (κ3) is 5.03. The van der Waals surface area contributed by atoms with Crippen molar-refractivity contribution in [3.63, 3.8) is 0 Å². The van der Waals surface area contributed by atoms with E-state index in [-0.39, 0.29) is 12.1 Å². The van der Waals surface area contributed by atoms with Gasteiger partial charge in [0.15, 0.2) is 0 Å². The number of fused-ring (bicyclic) bond motifs is 1. The maximum atomic E-state index is 9.07. The Hall–Kier alpha value is -4.15. The summed E-state index contributed by atoms with van der Waals surface area (Å²) >= 11 is 0. The molecule has 2 aromatic carbocycles. The largest absolute Gasteiger partial charge is 0.380 e. The van der Waals surface area contributed by atoms with Gasteiger partial charge in [-0.25, -0.2) is 4.98 Å². The first-order valence-electron chi connectivity index (χ1n) is 11.9. The number of aromatic nitrogens is 3. The number of nitrogens with zero attached hydrogens (tertiary/aromatic N) is 4. The van der Waals surface area contributed by atoms with Crippen LogP contribution in [0.2, 0.25) is 0 Å². The number of nitrogens with one attached hydrogen (secondary N) is 3. The van der Waals surface area contributed by atoms with Gasteiger partial charge in [-0.2, -0.15) is 10.4 Å². The van der Waals surface area contributed by atoms with Crippen molar-refractivity contribution < 1.29 is 0 Å². The van der Waals surface area contributed by atoms with E-state index in [1.807, 2.05) is 56.0 Å². The van der Waals surface area contributed by atoms with E-state index in [0.29, 0.717) is 11.5 Å². The molecule has 0 saturated carbocycles. The van der Waals surface area contributed by atoms with Gasteiger partial charge in [0.05, 0.1) is 35.6 Å². The van der Waals surface area contributed by atoms with Crippen molar-refractivity contribution in [1.82, 2.24) is 20.1 Å². The minimum Gasteiger partial charge on any atom is -0.380 e. The zero-order valence-corrected chi connectivity index (χ0v) is 19.9. The molecular weight excluding hydrogens is 434 g/mol. The zero-order valence-electron chi connectivity index (χ0n) is 19.9. The van der Waals surface area contributed by atoms with Crippen molar-refractivity contribution in [3.8, 4) is 17.2 Å². The van der Waals surface area contributed by atoms with Crippen LogP contribution >= 0.6 is 0 Å². The molecule has 2 aromatic heterocycles. The number of benzene rings is 2. The molecule has 7 heteroatoms. The molecule has 3 atom stereocenters. The predicted octanol–water partition coefficient (Wildman–Crippen LogP) is 4.69. The molecule has 0 saturated heterocycles. The standard InChI is InChI=1S/C28H29N7/c1-19(21-10-8-20(13-29)9-11-21)14-31-27(22-6-4-3-5-7-22)26-17-30-25-12-23(15-32-28(25)34-26)24-16-33-35(2)18-24/h3-12,15-16,18-19,26-27,30-31H,14,17H2,1-2H3,(H,32,34)/t19-,26-,27+/m0/s1. The van der Waals surface area contributed by atoms with E-state index in [0.717, 1.165) is 35.7 Å². The molecule has 0 spiro atoms. The number of pyridine rings is 1. The number of nitriles is 1. The van der Waals surface area contributed by atoms with Crippen molar-refractivity contribution in [3.05, 3.63) is 95.9 Å². The SMILES string of the molecule is C[C@@H](CN[C@H](c1ccccc1)[C@@H]1CNc2cc(-c3cnn(C)c3)cnc2N1)c1ccc(C#N)cc1. The fourth-order valence-corrected chi connectivity index (χ4v) is 4.55. The fraction of sp³-hybridized carbons (Fsp3) is 0.250. The zero-order chi connectivity index (χ0) is 24.2. The molecule has 3 heterocycles. The number of aryl methyl sites for hydroxylation is 1.